The van der Waals surface area contributed by atoms with E-state index in [0.29, 0.717) is 10.0 Å². The molecule has 0 radical (unpaired) electrons. The van der Waals surface area contributed by atoms with Crippen LogP contribution in [-0.2, 0) is 0 Å². The zero-order valence-corrected chi connectivity index (χ0v) is 12.7. The van der Waals surface area contributed by atoms with Gasteiger partial charge < -0.3 is 0 Å². The van der Waals surface area contributed by atoms with Gasteiger partial charge in [-0.2, -0.15) is 5.10 Å². The van der Waals surface area contributed by atoms with Crippen molar-refractivity contribution in [3.8, 4) is 0 Å². The molecule has 1 aromatic heterocycles. The number of halogens is 3. The molecule has 0 saturated carbocycles. The maximum absolute atomic E-state index is 13.6. The van der Waals surface area contributed by atoms with Gasteiger partial charge in [-0.3, -0.25) is 10.4 Å². The molecule has 0 fully saturated rings. The molecule has 0 amide bonds. The van der Waals surface area contributed by atoms with Crippen molar-refractivity contribution in [2.75, 3.05) is 5.43 Å². The fourth-order valence-corrected chi connectivity index (χ4v) is 2.40. The second kappa shape index (κ2) is 6.30. The molecule has 0 spiro atoms. The molecule has 22 heavy (non-hydrogen) atoms. The lowest BCUT2D eigenvalue weighted by molar-refractivity contribution is 0.626. The maximum atomic E-state index is 13.6. The first-order valence-electron chi connectivity index (χ1n) is 6.42. The minimum absolute atomic E-state index is 0.234. The van der Waals surface area contributed by atoms with Gasteiger partial charge in [0, 0.05) is 22.2 Å². The van der Waals surface area contributed by atoms with Crippen LogP contribution in [0.2, 0.25) is 10.0 Å². The van der Waals surface area contributed by atoms with Gasteiger partial charge in [-0.15, -0.1) is 0 Å². The number of aromatic nitrogens is 1. The fraction of sp³-hybridized carbons (Fsp3) is 0. The fourth-order valence-electron chi connectivity index (χ4n) is 2.02. The highest BCUT2D eigenvalue weighted by Crippen LogP contribution is 2.24. The Morgan fingerprint density at radius 2 is 2.00 bits per heavy atom. The van der Waals surface area contributed by atoms with Crippen molar-refractivity contribution in [3.05, 3.63) is 70.1 Å². The first kappa shape index (κ1) is 14.8. The van der Waals surface area contributed by atoms with Gasteiger partial charge in [-0.05, 0) is 36.4 Å². The third kappa shape index (κ3) is 3.03. The quantitative estimate of drug-likeness (QED) is 0.533. The zero-order valence-electron chi connectivity index (χ0n) is 11.2. The van der Waals surface area contributed by atoms with E-state index in [9.17, 15) is 4.39 Å². The first-order valence-corrected chi connectivity index (χ1v) is 7.18. The van der Waals surface area contributed by atoms with E-state index in [1.165, 1.54) is 12.3 Å². The van der Waals surface area contributed by atoms with Crippen LogP contribution in [0.3, 0.4) is 0 Å². The SMILES string of the molecule is Fc1cccc(Cl)c1/C=N\Nc1ccnc2cc(Cl)ccc12. The largest absolute Gasteiger partial charge is 0.278 e. The number of fused-ring (bicyclic) bond motifs is 1. The van der Waals surface area contributed by atoms with E-state index in [-0.39, 0.29) is 5.56 Å². The van der Waals surface area contributed by atoms with E-state index in [1.807, 2.05) is 6.07 Å². The van der Waals surface area contributed by atoms with E-state index in [2.05, 4.69) is 15.5 Å². The Labute approximate surface area is 136 Å². The van der Waals surface area contributed by atoms with Gasteiger partial charge in [0.15, 0.2) is 0 Å². The summed E-state index contributed by atoms with van der Waals surface area (Å²) in [5, 5.41) is 5.82. The van der Waals surface area contributed by atoms with Crippen molar-refractivity contribution in [3.63, 3.8) is 0 Å². The van der Waals surface area contributed by atoms with Crippen molar-refractivity contribution < 1.29 is 4.39 Å². The summed E-state index contributed by atoms with van der Waals surface area (Å²) in [5.74, 6) is -0.426. The number of hydrogen-bond acceptors (Lipinski definition) is 3. The summed E-state index contributed by atoms with van der Waals surface area (Å²) in [6.07, 6.45) is 2.99. The summed E-state index contributed by atoms with van der Waals surface area (Å²) in [4.78, 5) is 4.24. The Hall–Kier alpha value is -2.17. The summed E-state index contributed by atoms with van der Waals surface area (Å²) in [7, 11) is 0. The molecular weight excluding hydrogens is 324 g/mol. The third-order valence-electron chi connectivity index (χ3n) is 3.08. The van der Waals surface area contributed by atoms with Gasteiger partial charge in [0.05, 0.1) is 22.4 Å². The number of nitrogens with zero attached hydrogens (tertiary/aromatic N) is 2. The highest BCUT2D eigenvalue weighted by Gasteiger charge is 2.04. The van der Waals surface area contributed by atoms with Gasteiger partial charge in [0.25, 0.3) is 0 Å². The van der Waals surface area contributed by atoms with Gasteiger partial charge in [-0.1, -0.05) is 29.3 Å². The number of hydrogen-bond donors (Lipinski definition) is 1. The summed E-state index contributed by atoms with van der Waals surface area (Å²) in [5.41, 5.74) is 4.59. The molecule has 110 valence electrons. The van der Waals surface area contributed by atoms with Crippen LogP contribution in [0.25, 0.3) is 10.9 Å². The topological polar surface area (TPSA) is 37.3 Å². The molecule has 0 aliphatic carbocycles. The van der Waals surface area contributed by atoms with Gasteiger partial charge in [0.1, 0.15) is 5.82 Å². The normalized spacial score (nSPS) is 11.2. The molecule has 2 aromatic carbocycles. The number of rotatable bonds is 3. The van der Waals surface area contributed by atoms with Crippen LogP contribution in [0.4, 0.5) is 10.1 Å². The van der Waals surface area contributed by atoms with E-state index < -0.39 is 5.82 Å². The van der Waals surface area contributed by atoms with Gasteiger partial charge in [0.2, 0.25) is 0 Å². The first-order chi connectivity index (χ1) is 10.6. The molecule has 1 N–H and O–H groups in total. The lowest BCUT2D eigenvalue weighted by atomic mass is 10.2. The molecular formula is C16H10Cl2FN3. The Morgan fingerprint density at radius 3 is 2.82 bits per heavy atom. The summed E-state index contributed by atoms with van der Waals surface area (Å²) < 4.78 is 13.6. The van der Waals surface area contributed by atoms with E-state index in [0.717, 1.165) is 16.6 Å². The van der Waals surface area contributed by atoms with Crippen LogP contribution in [0.5, 0.6) is 0 Å². The molecule has 0 atom stereocenters. The molecule has 0 aliphatic rings. The Balaban J connectivity index is 1.90. The highest BCUT2D eigenvalue weighted by atomic mass is 35.5. The Kier molecular flexibility index (Phi) is 4.22. The van der Waals surface area contributed by atoms with Crippen LogP contribution < -0.4 is 5.43 Å². The molecule has 0 unspecified atom stereocenters. The molecule has 0 saturated heterocycles. The second-order valence-corrected chi connectivity index (χ2v) is 5.37. The van der Waals surface area contributed by atoms with Gasteiger partial charge in [-0.25, -0.2) is 4.39 Å². The minimum Gasteiger partial charge on any atom is -0.278 e. The Bertz CT molecular complexity index is 845. The monoisotopic (exact) mass is 333 g/mol. The number of anilines is 1. The van der Waals surface area contributed by atoms with Crippen molar-refractivity contribution in [1.82, 2.24) is 4.98 Å². The van der Waals surface area contributed by atoms with Crippen molar-refractivity contribution in [1.29, 1.82) is 0 Å². The number of benzene rings is 2. The number of pyridine rings is 1. The van der Waals surface area contributed by atoms with Crippen LogP contribution in [0, 0.1) is 5.82 Å². The standard InChI is InChI=1S/C16H10Cl2FN3/c17-10-4-5-11-15(6-7-20-16(11)8-10)22-21-9-12-13(18)2-1-3-14(12)19/h1-9H,(H,20,22)/b21-9-. The van der Waals surface area contributed by atoms with Crippen molar-refractivity contribution in [2.45, 2.75) is 0 Å². The second-order valence-electron chi connectivity index (χ2n) is 4.53. The summed E-state index contributed by atoms with van der Waals surface area (Å²) in [6, 6.07) is 11.6. The molecule has 6 heteroatoms. The van der Waals surface area contributed by atoms with Crippen LogP contribution in [0.15, 0.2) is 53.8 Å². The highest BCUT2D eigenvalue weighted by molar-refractivity contribution is 6.33. The molecule has 0 bridgehead atoms. The molecule has 0 aliphatic heterocycles. The number of hydrazone groups is 1. The minimum atomic E-state index is -0.426. The van der Waals surface area contributed by atoms with Crippen molar-refractivity contribution in [2.24, 2.45) is 5.10 Å². The lowest BCUT2D eigenvalue weighted by Gasteiger charge is -2.05. The predicted octanol–water partition coefficient (Wildman–Crippen LogP) is 5.13. The third-order valence-corrected chi connectivity index (χ3v) is 3.65. The van der Waals surface area contributed by atoms with Crippen LogP contribution in [-0.4, -0.2) is 11.2 Å². The summed E-state index contributed by atoms with van der Waals surface area (Å²) >= 11 is 11.9. The van der Waals surface area contributed by atoms with Crippen LogP contribution in [0.1, 0.15) is 5.56 Å². The average molecular weight is 334 g/mol. The molecule has 1 heterocycles. The summed E-state index contributed by atoms with van der Waals surface area (Å²) in [6.45, 7) is 0. The van der Waals surface area contributed by atoms with E-state index >= 15 is 0 Å². The molecule has 3 nitrogen and oxygen atoms in total. The van der Waals surface area contributed by atoms with E-state index in [4.69, 9.17) is 23.2 Å². The maximum Gasteiger partial charge on any atom is 0.133 e. The smallest absolute Gasteiger partial charge is 0.133 e. The van der Waals surface area contributed by atoms with Crippen LogP contribution >= 0.6 is 23.2 Å². The predicted molar refractivity (Wildman–Crippen MR) is 89.4 cm³/mol. The van der Waals surface area contributed by atoms with Crippen molar-refractivity contribution >= 4 is 46.0 Å². The lowest BCUT2D eigenvalue weighted by Crippen LogP contribution is -1.95. The van der Waals surface area contributed by atoms with E-state index in [1.54, 1.807) is 36.5 Å². The Morgan fingerprint density at radius 1 is 1.14 bits per heavy atom. The molecule has 3 rings (SSSR count). The number of nitrogens with one attached hydrogen (secondary N) is 1. The molecule has 3 aromatic rings. The zero-order chi connectivity index (χ0) is 15.5. The van der Waals surface area contributed by atoms with Gasteiger partial charge >= 0.3 is 0 Å². The average Bonchev–Trinajstić information content (AvgIpc) is 2.50.